The monoisotopic (exact) mass is 483 g/mol. The molecule has 0 saturated heterocycles. The average Bonchev–Trinajstić information content (AvgIpc) is 3.57. The van der Waals surface area contributed by atoms with Gasteiger partial charge >= 0.3 is 0 Å². The summed E-state index contributed by atoms with van der Waals surface area (Å²) in [5.74, 6) is 0.0889. The van der Waals surface area contributed by atoms with Gasteiger partial charge in [-0.05, 0) is 34.4 Å². The predicted octanol–water partition coefficient (Wildman–Crippen LogP) is 2.42. The van der Waals surface area contributed by atoms with Gasteiger partial charge in [-0.3, -0.25) is 18.7 Å². The molecule has 9 nitrogen and oxygen atoms in total. The molecule has 0 unspecified atom stereocenters. The van der Waals surface area contributed by atoms with Gasteiger partial charge in [-0.2, -0.15) is 4.31 Å². The van der Waals surface area contributed by atoms with Crippen molar-refractivity contribution in [1.82, 2.24) is 14.5 Å². The second-order valence-electron chi connectivity index (χ2n) is 8.87. The second kappa shape index (κ2) is 8.10. The minimum atomic E-state index is -3.24. The number of hydrogen-bond donors (Lipinski definition) is 3. The van der Waals surface area contributed by atoms with Gasteiger partial charge < -0.3 is 19.7 Å². The summed E-state index contributed by atoms with van der Waals surface area (Å²) < 4.78 is 34.8. The van der Waals surface area contributed by atoms with E-state index in [9.17, 15) is 18.7 Å². The van der Waals surface area contributed by atoms with Crippen LogP contribution in [0.1, 0.15) is 21.5 Å². The Morgan fingerprint density at radius 1 is 0.912 bits per heavy atom. The Hall–Kier alpha value is -2.89. The first-order chi connectivity index (χ1) is 16.4. The van der Waals surface area contributed by atoms with Gasteiger partial charge in [0.15, 0.2) is 11.5 Å². The smallest absolute Gasteiger partial charge is 0.295 e. The van der Waals surface area contributed by atoms with Crippen molar-refractivity contribution < 1.29 is 28.2 Å². The lowest BCUT2D eigenvalue weighted by Crippen LogP contribution is -2.38. The van der Waals surface area contributed by atoms with Gasteiger partial charge in [0.2, 0.25) is 0 Å². The summed E-state index contributed by atoms with van der Waals surface area (Å²) in [4.78, 5) is 27.9. The molecule has 0 bridgehead atoms. The molecular formula is C24H25N3O6S. The Bertz CT molecular complexity index is 1230. The van der Waals surface area contributed by atoms with E-state index in [1.165, 1.54) is 0 Å². The lowest BCUT2D eigenvalue weighted by atomic mass is 9.99. The van der Waals surface area contributed by atoms with Crippen LogP contribution in [0.5, 0.6) is 11.5 Å². The number of carbonyl (C=O) groups excluding carboxylic acids is 2. The standard InChI is InChI=1S/C24H25N3O6S/c28-23(19-3-1-2-15-9-25-10-20(15)19)24(29)26-11-16-13-27(14-17(16)12-26)34(30,31)18-4-5-21-22(8-18)33-7-6-32-21/h1-5,8,25,30-31H,6-7,9-14H2. The number of nitrogens with zero attached hydrogens (tertiary/aromatic N) is 2. The molecule has 0 aliphatic carbocycles. The fourth-order valence-corrected chi connectivity index (χ4v) is 6.50. The van der Waals surface area contributed by atoms with Crippen molar-refractivity contribution >= 4 is 22.5 Å². The van der Waals surface area contributed by atoms with E-state index in [1.54, 1.807) is 33.5 Å². The molecule has 4 aliphatic rings. The quantitative estimate of drug-likeness (QED) is 0.345. The maximum atomic E-state index is 13.0. The summed E-state index contributed by atoms with van der Waals surface area (Å²) >= 11 is 0. The topological polar surface area (TPSA) is 112 Å². The third-order valence-electron chi connectivity index (χ3n) is 6.80. The van der Waals surface area contributed by atoms with Gasteiger partial charge in [0.1, 0.15) is 13.2 Å². The summed E-state index contributed by atoms with van der Waals surface area (Å²) in [5, 5.41) is 3.22. The van der Waals surface area contributed by atoms with Crippen molar-refractivity contribution in [1.29, 1.82) is 0 Å². The minimum absolute atomic E-state index is 0.320. The molecule has 178 valence electrons. The van der Waals surface area contributed by atoms with Gasteiger partial charge in [0.05, 0.1) is 4.90 Å². The highest BCUT2D eigenvalue weighted by Crippen LogP contribution is 2.55. The third kappa shape index (κ3) is 3.50. The normalized spacial score (nSPS) is 19.9. The lowest BCUT2D eigenvalue weighted by Gasteiger charge is -2.41. The molecule has 0 saturated carbocycles. The largest absolute Gasteiger partial charge is 0.486 e. The van der Waals surface area contributed by atoms with E-state index in [2.05, 4.69) is 5.32 Å². The number of fused-ring (bicyclic) bond motifs is 2. The molecule has 4 heterocycles. The van der Waals surface area contributed by atoms with Crippen LogP contribution in [0.15, 0.2) is 52.4 Å². The van der Waals surface area contributed by atoms with Crippen molar-refractivity contribution in [3.05, 3.63) is 64.2 Å². The number of amides is 1. The number of carbonyl (C=O) groups is 2. The number of ether oxygens (including phenoxy) is 2. The predicted molar refractivity (Wildman–Crippen MR) is 125 cm³/mol. The van der Waals surface area contributed by atoms with E-state index < -0.39 is 22.5 Å². The Kier molecular flexibility index (Phi) is 5.16. The number of rotatable bonds is 4. The molecule has 2 aromatic carbocycles. The van der Waals surface area contributed by atoms with Gasteiger partial charge in [0, 0.05) is 50.9 Å². The van der Waals surface area contributed by atoms with E-state index in [-0.39, 0.29) is 0 Å². The molecule has 0 aromatic heterocycles. The summed E-state index contributed by atoms with van der Waals surface area (Å²) in [7, 11) is -3.24. The molecule has 0 radical (unpaired) electrons. The molecule has 10 heteroatoms. The van der Waals surface area contributed by atoms with E-state index in [4.69, 9.17) is 9.47 Å². The highest BCUT2D eigenvalue weighted by atomic mass is 32.3. The molecule has 0 atom stereocenters. The number of benzene rings is 2. The number of ketones is 1. The zero-order valence-electron chi connectivity index (χ0n) is 18.5. The Balaban J connectivity index is 1.13. The second-order valence-corrected chi connectivity index (χ2v) is 10.9. The van der Waals surface area contributed by atoms with Crippen LogP contribution in [0.4, 0.5) is 0 Å². The Labute approximate surface area is 198 Å². The highest BCUT2D eigenvalue weighted by molar-refractivity contribution is 8.22. The SMILES string of the molecule is O=C(C(=O)N1CC2=C(C1)CN(S(O)(O)c1ccc3c(c1)OCCO3)C2)c1cccc2c1CNC2. The van der Waals surface area contributed by atoms with E-state index in [0.29, 0.717) is 74.4 Å². The molecule has 1 amide bonds. The van der Waals surface area contributed by atoms with Crippen LogP contribution in [-0.2, 0) is 17.9 Å². The number of hydrogen-bond acceptors (Lipinski definition) is 8. The lowest BCUT2D eigenvalue weighted by molar-refractivity contribution is -0.125. The molecule has 4 aliphatic heterocycles. The first-order valence-corrected chi connectivity index (χ1v) is 12.7. The maximum absolute atomic E-state index is 13.0. The minimum Gasteiger partial charge on any atom is -0.486 e. The zero-order chi connectivity index (χ0) is 23.4. The third-order valence-corrected chi connectivity index (χ3v) is 8.67. The van der Waals surface area contributed by atoms with Gasteiger partial charge in [-0.25, -0.2) is 0 Å². The molecule has 2 aromatic rings. The molecular weight excluding hydrogens is 458 g/mol. The Morgan fingerprint density at radius 3 is 2.41 bits per heavy atom. The van der Waals surface area contributed by atoms with Crippen molar-refractivity contribution in [3.8, 4) is 11.5 Å². The summed E-state index contributed by atoms with van der Waals surface area (Å²) in [5.41, 5.74) is 4.34. The first-order valence-electron chi connectivity index (χ1n) is 11.2. The van der Waals surface area contributed by atoms with Crippen LogP contribution in [0.3, 0.4) is 0 Å². The maximum Gasteiger partial charge on any atom is 0.295 e. The van der Waals surface area contributed by atoms with Crippen molar-refractivity contribution in [3.63, 3.8) is 0 Å². The van der Waals surface area contributed by atoms with Crippen LogP contribution in [-0.4, -0.2) is 69.4 Å². The summed E-state index contributed by atoms with van der Waals surface area (Å²) in [6, 6.07) is 10.5. The summed E-state index contributed by atoms with van der Waals surface area (Å²) in [6.07, 6.45) is 0. The molecule has 3 N–H and O–H groups in total. The number of Topliss-reactive ketones (excluding diaryl/α,β-unsaturated/α-hetero) is 1. The van der Waals surface area contributed by atoms with Crippen LogP contribution < -0.4 is 14.8 Å². The van der Waals surface area contributed by atoms with Crippen molar-refractivity contribution in [2.45, 2.75) is 18.0 Å². The van der Waals surface area contributed by atoms with Gasteiger partial charge in [-0.1, -0.05) is 18.2 Å². The van der Waals surface area contributed by atoms with Crippen LogP contribution in [0.25, 0.3) is 0 Å². The van der Waals surface area contributed by atoms with Crippen molar-refractivity contribution in [2.75, 3.05) is 39.4 Å². The first kappa shape index (κ1) is 21.6. The molecule has 0 fully saturated rings. The highest BCUT2D eigenvalue weighted by Gasteiger charge is 2.39. The van der Waals surface area contributed by atoms with E-state index >= 15 is 0 Å². The van der Waals surface area contributed by atoms with Crippen molar-refractivity contribution in [2.24, 2.45) is 0 Å². The van der Waals surface area contributed by atoms with E-state index in [1.807, 2.05) is 12.1 Å². The van der Waals surface area contributed by atoms with Crippen LogP contribution >= 0.6 is 10.8 Å². The average molecular weight is 484 g/mol. The molecule has 0 spiro atoms. The van der Waals surface area contributed by atoms with Crippen LogP contribution in [0.2, 0.25) is 0 Å². The fourth-order valence-electron chi connectivity index (χ4n) is 5.02. The zero-order valence-corrected chi connectivity index (χ0v) is 19.3. The van der Waals surface area contributed by atoms with Crippen LogP contribution in [0, 0.1) is 0 Å². The fraction of sp³-hybridized carbons (Fsp3) is 0.333. The van der Waals surface area contributed by atoms with Gasteiger partial charge in [-0.15, -0.1) is 10.8 Å². The Morgan fingerprint density at radius 2 is 1.65 bits per heavy atom. The molecule has 34 heavy (non-hydrogen) atoms. The molecule has 6 rings (SSSR count). The number of nitrogens with one attached hydrogen (secondary N) is 1. The summed E-state index contributed by atoms with van der Waals surface area (Å²) in [6.45, 7) is 3.47. The van der Waals surface area contributed by atoms with Gasteiger partial charge in [0.25, 0.3) is 11.7 Å². The van der Waals surface area contributed by atoms with E-state index in [0.717, 1.165) is 22.3 Å².